The topological polar surface area (TPSA) is 92.9 Å². The van der Waals surface area contributed by atoms with Gasteiger partial charge in [-0.15, -0.1) is 0 Å². The van der Waals surface area contributed by atoms with Crippen LogP contribution < -0.4 is 15.4 Å². The van der Waals surface area contributed by atoms with Crippen molar-refractivity contribution in [1.29, 1.82) is 0 Å². The first-order valence-electron chi connectivity index (χ1n) is 7.12. The molecule has 124 valence electrons. The van der Waals surface area contributed by atoms with Crippen molar-refractivity contribution in [2.24, 2.45) is 5.92 Å². The molecule has 1 fully saturated rings. The van der Waals surface area contributed by atoms with Crippen molar-refractivity contribution in [1.82, 2.24) is 0 Å². The predicted octanol–water partition coefficient (Wildman–Crippen LogP) is 1.54. The summed E-state index contributed by atoms with van der Waals surface area (Å²) in [7, 11) is 1.31. The fourth-order valence-electron chi connectivity index (χ4n) is 3.11. The van der Waals surface area contributed by atoms with Gasteiger partial charge in [0.2, 0.25) is 0 Å². The molecule has 0 bridgehead atoms. The van der Waals surface area contributed by atoms with Crippen molar-refractivity contribution in [2.45, 2.75) is 25.6 Å². The number of fused-ring (bicyclic) bond motifs is 1. The average molecular weight is 326 g/mol. The quantitative estimate of drug-likeness (QED) is 0.646. The van der Waals surface area contributed by atoms with Gasteiger partial charge in [-0.1, -0.05) is 0 Å². The molecule has 1 saturated carbocycles. The standard InChI is InChI=1S/C15H16F2N2O4/c1-5-10(17)11(18)9-12(14(5)23-2)19(8-3-7(8)16)4-6(13(9)20)15(21)22/h6-8H,3-4,18H2,1-2H3,(H,21,22)/t6?,7-,8+/m0/s1. The number of carboxylic acid groups (broad SMARTS) is 1. The zero-order valence-electron chi connectivity index (χ0n) is 12.6. The number of carboxylic acids is 1. The molecule has 1 heterocycles. The van der Waals surface area contributed by atoms with Gasteiger partial charge in [0.05, 0.1) is 30.1 Å². The summed E-state index contributed by atoms with van der Waals surface area (Å²) in [4.78, 5) is 25.3. The largest absolute Gasteiger partial charge is 0.494 e. The molecule has 6 nitrogen and oxygen atoms in total. The van der Waals surface area contributed by atoms with Gasteiger partial charge in [0.25, 0.3) is 0 Å². The molecule has 0 spiro atoms. The van der Waals surface area contributed by atoms with Crippen molar-refractivity contribution in [3.8, 4) is 5.75 Å². The Hall–Kier alpha value is -2.38. The van der Waals surface area contributed by atoms with Gasteiger partial charge < -0.3 is 20.5 Å². The number of rotatable bonds is 3. The Balaban J connectivity index is 2.28. The third kappa shape index (κ3) is 2.12. The minimum absolute atomic E-state index is 0.0861. The van der Waals surface area contributed by atoms with Crippen LogP contribution in [-0.2, 0) is 4.79 Å². The second kappa shape index (κ2) is 5.07. The van der Waals surface area contributed by atoms with Gasteiger partial charge in [0.15, 0.2) is 11.6 Å². The molecular formula is C15H16F2N2O4. The molecule has 1 aliphatic heterocycles. The van der Waals surface area contributed by atoms with Crippen LogP contribution in [0.2, 0.25) is 0 Å². The molecule has 2 aliphatic rings. The summed E-state index contributed by atoms with van der Waals surface area (Å²) < 4.78 is 33.1. The zero-order chi connectivity index (χ0) is 17.0. The van der Waals surface area contributed by atoms with E-state index in [2.05, 4.69) is 0 Å². The summed E-state index contributed by atoms with van der Waals surface area (Å²) in [6.07, 6.45) is -0.902. The van der Waals surface area contributed by atoms with Gasteiger partial charge in [0, 0.05) is 18.5 Å². The summed E-state index contributed by atoms with van der Waals surface area (Å²) >= 11 is 0. The fourth-order valence-corrected chi connectivity index (χ4v) is 3.11. The number of Topliss-reactive ketones (excluding diaryl/α,β-unsaturated/α-hetero) is 1. The van der Waals surface area contributed by atoms with E-state index in [1.165, 1.54) is 18.9 Å². The van der Waals surface area contributed by atoms with Crippen LogP contribution >= 0.6 is 0 Å². The maximum absolute atomic E-state index is 14.3. The van der Waals surface area contributed by atoms with Crippen molar-refractivity contribution < 1.29 is 28.2 Å². The van der Waals surface area contributed by atoms with Crippen molar-refractivity contribution >= 4 is 23.1 Å². The van der Waals surface area contributed by atoms with Crippen LogP contribution in [0.5, 0.6) is 5.75 Å². The Labute approximate surface area is 130 Å². The van der Waals surface area contributed by atoms with Crippen LogP contribution in [0.3, 0.4) is 0 Å². The number of hydrogen-bond acceptors (Lipinski definition) is 5. The second-order valence-corrected chi connectivity index (χ2v) is 5.84. The smallest absolute Gasteiger partial charge is 0.316 e. The highest BCUT2D eigenvalue weighted by atomic mass is 19.1. The molecular weight excluding hydrogens is 310 g/mol. The third-order valence-electron chi connectivity index (χ3n) is 4.44. The average Bonchev–Trinajstić information content (AvgIpc) is 3.22. The Kier molecular flexibility index (Phi) is 3.42. The highest BCUT2D eigenvalue weighted by Gasteiger charge is 2.50. The maximum Gasteiger partial charge on any atom is 0.316 e. The van der Waals surface area contributed by atoms with E-state index in [0.717, 1.165) is 0 Å². The number of benzene rings is 1. The first-order valence-corrected chi connectivity index (χ1v) is 7.12. The van der Waals surface area contributed by atoms with Crippen LogP contribution in [0.4, 0.5) is 20.2 Å². The van der Waals surface area contributed by atoms with E-state index in [4.69, 9.17) is 10.5 Å². The number of alkyl halides is 1. The molecule has 1 unspecified atom stereocenters. The number of ether oxygens (including phenoxy) is 1. The number of nitrogen functional groups attached to an aromatic ring is 1. The first-order chi connectivity index (χ1) is 10.8. The highest BCUT2D eigenvalue weighted by Crippen LogP contribution is 2.49. The molecule has 23 heavy (non-hydrogen) atoms. The molecule has 1 aromatic carbocycles. The number of aliphatic carboxylic acids is 1. The Morgan fingerprint density at radius 1 is 1.48 bits per heavy atom. The van der Waals surface area contributed by atoms with E-state index >= 15 is 0 Å². The molecule has 3 rings (SSSR count). The fraction of sp³-hybridized carbons (Fsp3) is 0.467. The number of halogens is 2. The lowest BCUT2D eigenvalue weighted by Gasteiger charge is -2.36. The normalized spacial score (nSPS) is 26.0. The number of anilines is 2. The van der Waals surface area contributed by atoms with E-state index in [1.807, 2.05) is 0 Å². The van der Waals surface area contributed by atoms with Gasteiger partial charge >= 0.3 is 5.97 Å². The molecule has 1 aliphatic carbocycles. The number of carbonyl (C=O) groups is 2. The molecule has 3 N–H and O–H groups in total. The predicted molar refractivity (Wildman–Crippen MR) is 78.2 cm³/mol. The van der Waals surface area contributed by atoms with Gasteiger partial charge in [-0.2, -0.15) is 0 Å². The lowest BCUT2D eigenvalue weighted by atomic mass is 9.88. The number of nitrogens with zero attached hydrogens (tertiary/aromatic N) is 1. The van der Waals surface area contributed by atoms with Crippen LogP contribution in [0.25, 0.3) is 0 Å². The van der Waals surface area contributed by atoms with Gasteiger partial charge in [-0.05, 0) is 6.92 Å². The van der Waals surface area contributed by atoms with Crippen LogP contribution in [0.1, 0.15) is 22.3 Å². The lowest BCUT2D eigenvalue weighted by Crippen LogP contribution is -2.45. The van der Waals surface area contributed by atoms with Crippen molar-refractivity contribution in [2.75, 3.05) is 24.3 Å². The molecule has 1 aromatic rings. The number of ketones is 1. The summed E-state index contributed by atoms with van der Waals surface area (Å²) in [5.74, 6) is -4.28. The molecule has 0 aromatic heterocycles. The van der Waals surface area contributed by atoms with E-state index in [-0.39, 0.29) is 35.5 Å². The Morgan fingerprint density at radius 2 is 2.09 bits per heavy atom. The molecule has 0 radical (unpaired) electrons. The minimum atomic E-state index is -1.41. The number of hydrogen-bond donors (Lipinski definition) is 2. The summed E-state index contributed by atoms with van der Waals surface area (Å²) in [5, 5.41) is 9.25. The summed E-state index contributed by atoms with van der Waals surface area (Å²) in [6.45, 7) is 1.25. The molecule has 0 amide bonds. The van der Waals surface area contributed by atoms with E-state index in [1.54, 1.807) is 0 Å². The number of carbonyl (C=O) groups excluding carboxylic acids is 1. The van der Waals surface area contributed by atoms with E-state index < -0.39 is 41.4 Å². The Morgan fingerprint density at radius 3 is 2.57 bits per heavy atom. The van der Waals surface area contributed by atoms with Crippen molar-refractivity contribution in [3.63, 3.8) is 0 Å². The first kappa shape index (κ1) is 15.5. The SMILES string of the molecule is COc1c(C)c(F)c(N)c2c1N([C@@H]1C[C@@H]1F)CC(C(=O)O)C2=O. The highest BCUT2D eigenvalue weighted by molar-refractivity contribution is 6.17. The molecule has 8 heteroatoms. The van der Waals surface area contributed by atoms with E-state index in [0.29, 0.717) is 0 Å². The monoisotopic (exact) mass is 326 g/mol. The minimum Gasteiger partial charge on any atom is -0.494 e. The Bertz CT molecular complexity index is 722. The number of nitrogens with two attached hydrogens (primary N) is 1. The lowest BCUT2D eigenvalue weighted by molar-refractivity contribution is -0.139. The summed E-state index contributed by atoms with van der Waals surface area (Å²) in [6, 6.07) is -0.554. The zero-order valence-corrected chi connectivity index (χ0v) is 12.6. The molecule has 0 saturated heterocycles. The van der Waals surface area contributed by atoms with Crippen LogP contribution in [0, 0.1) is 18.7 Å². The van der Waals surface area contributed by atoms with Gasteiger partial charge in [0.1, 0.15) is 17.8 Å². The second-order valence-electron chi connectivity index (χ2n) is 5.84. The summed E-state index contributed by atoms with van der Waals surface area (Å²) in [5.41, 5.74) is 5.37. The third-order valence-corrected chi connectivity index (χ3v) is 4.44. The molecule has 3 atom stereocenters. The van der Waals surface area contributed by atoms with Gasteiger partial charge in [-0.3, -0.25) is 9.59 Å². The van der Waals surface area contributed by atoms with E-state index in [9.17, 15) is 23.5 Å². The van der Waals surface area contributed by atoms with Crippen LogP contribution in [-0.4, -0.2) is 42.7 Å². The van der Waals surface area contributed by atoms with Gasteiger partial charge in [-0.25, -0.2) is 8.78 Å². The van der Waals surface area contributed by atoms with Crippen LogP contribution in [0.15, 0.2) is 0 Å². The number of methoxy groups -OCH3 is 1. The maximum atomic E-state index is 14.3. The van der Waals surface area contributed by atoms with Crippen molar-refractivity contribution in [3.05, 3.63) is 16.9 Å².